The molecule has 0 spiro atoms. The summed E-state index contributed by atoms with van der Waals surface area (Å²) in [6.45, 7) is 27.6. The molecule has 20 aromatic rings. The van der Waals surface area contributed by atoms with E-state index in [2.05, 4.69) is 458 Å². The molecule has 0 saturated heterocycles. The van der Waals surface area contributed by atoms with Crippen LogP contribution < -0.4 is 35.7 Å². The zero-order valence-corrected chi connectivity index (χ0v) is 73.1. The summed E-state index contributed by atoms with van der Waals surface area (Å²) in [6.07, 6.45) is 0. The van der Waals surface area contributed by atoms with Crippen LogP contribution in [-0.2, 0) is 21.7 Å². The summed E-state index contributed by atoms with van der Waals surface area (Å²) in [5.41, 5.74) is 36.2. The van der Waals surface area contributed by atoms with Crippen molar-refractivity contribution in [3.8, 4) is 107 Å². The van der Waals surface area contributed by atoms with Gasteiger partial charge in [0.25, 0.3) is 6.71 Å². The average Bonchev–Trinajstić information content (AvgIpc) is 0.713. The lowest BCUT2D eigenvalue weighted by molar-refractivity contribution is 0.486. The maximum atomic E-state index is 7.86. The van der Waals surface area contributed by atoms with Crippen molar-refractivity contribution >= 4 is 123 Å². The molecule has 24 rings (SSSR count). The number of ether oxygens (including phenoxy) is 2. The molecule has 0 bridgehead atoms. The number of rotatable bonds is 5. The number of aromatic nitrogens is 3. The molecule has 0 radical (unpaired) electrons. The Balaban J connectivity index is 0.955. The van der Waals surface area contributed by atoms with Crippen molar-refractivity contribution in [3.05, 3.63) is 374 Å². The summed E-state index contributed by atoms with van der Waals surface area (Å²) >= 11 is 0. The van der Waals surface area contributed by atoms with Gasteiger partial charge in [-0.2, -0.15) is 0 Å². The predicted octanol–water partition coefficient (Wildman–Crippen LogP) is 30.5. The molecule has 0 unspecified atom stereocenters. The molecule has 17 aromatic carbocycles. The number of nitrogens with zero attached hydrogens (tertiary/aromatic N) is 5. The number of hydrogen-bond acceptors (Lipinski definition) is 4. The Morgan fingerprint density at radius 3 is 0.889 bits per heavy atom. The summed E-state index contributed by atoms with van der Waals surface area (Å²) in [6, 6.07) is 134. The van der Waals surface area contributed by atoms with Gasteiger partial charge in [-0.15, -0.1) is 0 Å². The highest BCUT2D eigenvalue weighted by Crippen LogP contribution is 2.62. The molecule has 7 nitrogen and oxygen atoms in total. The van der Waals surface area contributed by atoms with E-state index in [-0.39, 0.29) is 21.7 Å². The van der Waals surface area contributed by atoms with E-state index in [0.29, 0.717) is 0 Å². The summed E-state index contributed by atoms with van der Waals surface area (Å²) in [4.78, 5) is 5.53. The first-order chi connectivity index (χ1) is 61.1. The van der Waals surface area contributed by atoms with E-state index in [1.165, 1.54) is 54.6 Å². The quantitative estimate of drug-likeness (QED) is 0.161. The summed E-state index contributed by atoms with van der Waals surface area (Å²) in [5, 5.41) is 7.17. The van der Waals surface area contributed by atoms with Gasteiger partial charge in [-0.1, -0.05) is 326 Å². The van der Waals surface area contributed by atoms with E-state index in [9.17, 15) is 0 Å². The zero-order chi connectivity index (χ0) is 85.3. The molecule has 0 fully saturated rings. The molecular weight excluding hydrogens is 1530 g/mol. The summed E-state index contributed by atoms with van der Waals surface area (Å²) in [5.74, 6) is 2.99. The molecule has 126 heavy (non-hydrogen) atoms. The third-order valence-corrected chi connectivity index (χ3v) is 27.4. The molecule has 0 amide bonds. The molecule has 0 atom stereocenters. The van der Waals surface area contributed by atoms with Gasteiger partial charge in [-0.3, -0.25) is 0 Å². The molecule has 8 heteroatoms. The maximum absolute atomic E-state index is 7.86. The van der Waals surface area contributed by atoms with Gasteiger partial charge in [0, 0.05) is 99.3 Å². The Kier molecular flexibility index (Phi) is 16.4. The van der Waals surface area contributed by atoms with Crippen LogP contribution in [0.4, 0.5) is 34.1 Å². The van der Waals surface area contributed by atoms with E-state index in [4.69, 9.17) is 9.47 Å². The first-order valence-electron chi connectivity index (χ1n) is 44.5. The minimum absolute atomic E-state index is 0.139. The normalized spacial score (nSPS) is 13.3. The monoisotopic (exact) mass is 1620 g/mol. The second kappa shape index (κ2) is 27.5. The van der Waals surface area contributed by atoms with Gasteiger partial charge < -0.3 is 33.0 Å². The van der Waals surface area contributed by atoms with Crippen molar-refractivity contribution < 1.29 is 9.47 Å². The van der Waals surface area contributed by atoms with Crippen LogP contribution in [0.15, 0.2) is 352 Å². The Labute approximate surface area is 736 Å². The Morgan fingerprint density at radius 1 is 0.222 bits per heavy atom. The van der Waals surface area contributed by atoms with Crippen LogP contribution in [0, 0.1) is 0 Å². The highest BCUT2D eigenvalue weighted by molar-refractivity contribution is 7.00. The first kappa shape index (κ1) is 75.2. The lowest BCUT2D eigenvalue weighted by atomic mass is 9.33. The van der Waals surface area contributed by atoms with Crippen LogP contribution in [-0.4, -0.2) is 20.4 Å². The highest BCUT2D eigenvalue weighted by Gasteiger charge is 2.50. The minimum Gasteiger partial charge on any atom is -0.456 e. The van der Waals surface area contributed by atoms with Crippen molar-refractivity contribution in [2.45, 2.75) is 105 Å². The largest absolute Gasteiger partial charge is 0.456 e. The Bertz CT molecular complexity index is 7420. The molecular formula is C118H94BN5O2. The van der Waals surface area contributed by atoms with Crippen LogP contribution in [0.3, 0.4) is 0 Å². The van der Waals surface area contributed by atoms with Gasteiger partial charge in [0.15, 0.2) is 0 Å². The Hall–Kier alpha value is -14.6. The topological polar surface area (TPSA) is 39.7 Å². The fourth-order valence-electron chi connectivity index (χ4n) is 21.3. The number of anilines is 6. The van der Waals surface area contributed by atoms with Crippen molar-refractivity contribution in [2.75, 3.05) is 9.80 Å². The van der Waals surface area contributed by atoms with Gasteiger partial charge in [-0.25, -0.2) is 0 Å². The molecule has 4 aliphatic rings. The molecule has 4 aliphatic heterocycles. The summed E-state index contributed by atoms with van der Waals surface area (Å²) < 4.78 is 23.5. The van der Waals surface area contributed by atoms with Crippen LogP contribution >= 0.6 is 0 Å². The Morgan fingerprint density at radius 2 is 0.524 bits per heavy atom. The number of hydrogen-bond donors (Lipinski definition) is 0. The number of fused-ring (bicyclic) bond motifs is 25. The van der Waals surface area contributed by atoms with Crippen molar-refractivity contribution in [3.63, 3.8) is 0 Å². The molecule has 3 aromatic heterocycles. The fraction of sp³-hybridized carbons (Fsp3) is 0.136. The maximum Gasteiger partial charge on any atom is 0.252 e. The van der Waals surface area contributed by atoms with Gasteiger partial charge in [-0.05, 0) is 181 Å². The molecule has 0 aliphatic carbocycles. The molecule has 7 heterocycles. The standard InChI is InChI=1S/C118H94BN5O2/c1-115(2,3)73-53-59-96-88(65-73)89-66-74(116(4,5)6)54-60-97(89)121(96)100-63-57-92-113-108(100)86-41-23-29-51-106(86)125-104-49-27-21-39-82(104)84-45-31-43-78(71-33-15-13-16-34-71)111(84)123(113)102-69-77(120-94-47-25-19-37-80(94)81-38-20-26-48-95(81)120)70-103-110(102)119(92)93-58-64-101(122-98-61-55-75(117(7,8)9)67-90(98)91-68-76(118(10,11)12)56-62-99(91)122)109-87-42-24-30-52-107(87)126-105-50-28-22-40-83(105)85-46-32-44-79(72-35-17-14-18-36-72)112(85)124(103)114(93)109/h13-70H,1-12H3. The van der Waals surface area contributed by atoms with Crippen molar-refractivity contribution in [1.82, 2.24) is 13.7 Å². The van der Waals surface area contributed by atoms with Gasteiger partial charge in [0.1, 0.15) is 23.0 Å². The van der Waals surface area contributed by atoms with Crippen LogP contribution in [0.5, 0.6) is 23.0 Å². The summed E-state index contributed by atoms with van der Waals surface area (Å²) in [7, 11) is 0. The average molecular weight is 1620 g/mol. The lowest BCUT2D eigenvalue weighted by Crippen LogP contribution is -2.62. The smallest absolute Gasteiger partial charge is 0.252 e. The number of benzene rings is 17. The second-order valence-corrected chi connectivity index (χ2v) is 39.1. The minimum atomic E-state index is -0.490. The SMILES string of the molecule is CC(C)(C)c1ccc2c(c1)c1cc(C(C)(C)C)ccc1n2-c1ccc2c3c1-c1ccccc1Oc1ccccc1-c1cccc(-c4ccccc4)c1N3c1cc(-n3c4ccccc4c4ccccc43)cc3c1B2c1ccc(-n2c4ccc(C(C)(C)C)cc4c4cc(C(C)(C)C)ccc42)c2c1N3c1c(-c3ccccc3)cccc1-c1ccccc1Oc1ccccc1-2. The lowest BCUT2D eigenvalue weighted by Gasteiger charge is -2.47. The van der Waals surface area contributed by atoms with Gasteiger partial charge in [0.05, 0.1) is 72.9 Å². The zero-order valence-electron chi connectivity index (χ0n) is 73.1. The van der Waals surface area contributed by atoms with E-state index < -0.39 is 6.71 Å². The fourth-order valence-corrected chi connectivity index (χ4v) is 21.3. The van der Waals surface area contributed by atoms with E-state index >= 15 is 0 Å². The first-order valence-corrected chi connectivity index (χ1v) is 44.5. The van der Waals surface area contributed by atoms with E-state index in [0.717, 1.165) is 190 Å². The predicted molar refractivity (Wildman–Crippen MR) is 531 cm³/mol. The third kappa shape index (κ3) is 11.3. The van der Waals surface area contributed by atoms with Gasteiger partial charge in [0.2, 0.25) is 0 Å². The van der Waals surface area contributed by atoms with Crippen molar-refractivity contribution in [1.29, 1.82) is 0 Å². The van der Waals surface area contributed by atoms with Gasteiger partial charge >= 0.3 is 0 Å². The van der Waals surface area contributed by atoms with Crippen LogP contribution in [0.1, 0.15) is 105 Å². The molecule has 0 saturated carbocycles. The van der Waals surface area contributed by atoms with Crippen molar-refractivity contribution in [2.24, 2.45) is 0 Å². The van der Waals surface area contributed by atoms with E-state index in [1.54, 1.807) is 0 Å². The van der Waals surface area contributed by atoms with E-state index in [1.807, 2.05) is 0 Å². The molecule has 606 valence electrons. The van der Waals surface area contributed by atoms with Crippen LogP contribution in [0.2, 0.25) is 0 Å². The molecule has 0 N–H and O–H groups in total. The van der Waals surface area contributed by atoms with Crippen LogP contribution in [0.25, 0.3) is 149 Å². The third-order valence-electron chi connectivity index (χ3n) is 27.4. The number of para-hydroxylation sites is 8. The second-order valence-electron chi connectivity index (χ2n) is 39.1. The highest BCUT2D eigenvalue weighted by atomic mass is 16.5.